The molecule has 0 aliphatic carbocycles. The molecule has 2 rings (SSSR count). The predicted octanol–water partition coefficient (Wildman–Crippen LogP) is 3.94. The molecule has 5 heteroatoms. The Bertz CT molecular complexity index is 549. The first-order valence-corrected chi connectivity index (χ1v) is 6.49. The minimum atomic E-state index is -1.01. The monoisotopic (exact) mass is 286 g/mol. The quantitative estimate of drug-likeness (QED) is 0.926. The molecule has 96 valence electrons. The second-order valence-corrected chi connectivity index (χ2v) is 5.58. The van der Waals surface area contributed by atoms with Gasteiger partial charge in [-0.1, -0.05) is 11.6 Å². The Hall–Kier alpha value is -1.10. The van der Waals surface area contributed by atoms with Crippen molar-refractivity contribution in [2.45, 2.75) is 13.0 Å². The van der Waals surface area contributed by atoms with E-state index in [0.29, 0.717) is 15.0 Å². The number of halogens is 2. The van der Waals surface area contributed by atoms with Crippen LogP contribution in [0.15, 0.2) is 24.3 Å². The van der Waals surface area contributed by atoms with Gasteiger partial charge in [-0.05, 0) is 30.7 Å². The molecule has 0 fully saturated rings. The van der Waals surface area contributed by atoms with Crippen molar-refractivity contribution in [2.24, 2.45) is 0 Å². The molecule has 1 N–H and O–H groups in total. The molecule has 1 atom stereocenters. The Kier molecular flexibility index (Phi) is 3.90. The summed E-state index contributed by atoms with van der Waals surface area (Å²) in [5.41, 5.74) is 1.10. The molecule has 1 aromatic carbocycles. The first kappa shape index (κ1) is 13.3. The van der Waals surface area contributed by atoms with Gasteiger partial charge in [0, 0.05) is 16.5 Å². The lowest BCUT2D eigenvalue weighted by Gasteiger charge is -2.11. The van der Waals surface area contributed by atoms with Crippen LogP contribution in [0.1, 0.15) is 22.1 Å². The highest BCUT2D eigenvalue weighted by molar-refractivity contribution is 7.16. The van der Waals surface area contributed by atoms with Crippen molar-refractivity contribution in [2.75, 3.05) is 7.11 Å². The summed E-state index contributed by atoms with van der Waals surface area (Å²) in [6.45, 7) is 1.85. The number of benzene rings is 1. The van der Waals surface area contributed by atoms with Crippen molar-refractivity contribution >= 4 is 22.9 Å². The van der Waals surface area contributed by atoms with Gasteiger partial charge >= 0.3 is 0 Å². The Morgan fingerprint density at radius 1 is 1.39 bits per heavy atom. The summed E-state index contributed by atoms with van der Waals surface area (Å²) in [5, 5.41) is 10.1. The average molecular weight is 287 g/mol. The van der Waals surface area contributed by atoms with Crippen molar-refractivity contribution in [1.82, 2.24) is 0 Å². The highest BCUT2D eigenvalue weighted by Crippen LogP contribution is 2.35. The molecule has 0 aliphatic heterocycles. The topological polar surface area (TPSA) is 29.5 Å². The third-order valence-electron chi connectivity index (χ3n) is 2.65. The third-order valence-corrected chi connectivity index (χ3v) is 4.26. The number of hydrogen-bond donors (Lipinski definition) is 1. The van der Waals surface area contributed by atoms with Crippen LogP contribution < -0.4 is 4.74 Å². The first-order valence-electron chi connectivity index (χ1n) is 5.30. The maximum absolute atomic E-state index is 13.8. The molecular weight excluding hydrogens is 275 g/mol. The van der Waals surface area contributed by atoms with E-state index >= 15 is 0 Å². The van der Waals surface area contributed by atoms with Gasteiger partial charge < -0.3 is 9.84 Å². The van der Waals surface area contributed by atoms with E-state index in [9.17, 15) is 9.50 Å². The summed E-state index contributed by atoms with van der Waals surface area (Å²) in [4.78, 5) is 0.626. The van der Waals surface area contributed by atoms with E-state index in [1.54, 1.807) is 12.1 Å². The predicted molar refractivity (Wildman–Crippen MR) is 71.1 cm³/mol. The van der Waals surface area contributed by atoms with Crippen LogP contribution in [0.5, 0.6) is 5.75 Å². The van der Waals surface area contributed by atoms with Gasteiger partial charge in [-0.2, -0.15) is 0 Å². The van der Waals surface area contributed by atoms with Crippen molar-refractivity contribution in [3.8, 4) is 5.75 Å². The standard InChI is InChI=1S/C13H12ClFO2S/c1-7-5-11(18-13(7)14)12(16)9-4-3-8(17-2)6-10(9)15/h3-6,12,16H,1-2H3. The fourth-order valence-electron chi connectivity index (χ4n) is 1.63. The zero-order chi connectivity index (χ0) is 13.3. The molecule has 1 aromatic heterocycles. The number of methoxy groups -OCH3 is 1. The molecular formula is C13H12ClFO2S. The normalized spacial score (nSPS) is 12.5. The first-order chi connectivity index (χ1) is 8.52. The maximum atomic E-state index is 13.8. The molecule has 0 amide bonds. The van der Waals surface area contributed by atoms with Crippen LogP contribution in [-0.4, -0.2) is 12.2 Å². The number of aliphatic hydroxyl groups excluding tert-OH is 1. The second kappa shape index (κ2) is 5.26. The van der Waals surface area contributed by atoms with Crippen LogP contribution in [0.4, 0.5) is 4.39 Å². The number of thiophene rings is 1. The smallest absolute Gasteiger partial charge is 0.133 e. The van der Waals surface area contributed by atoms with E-state index in [0.717, 1.165) is 5.56 Å². The third kappa shape index (κ3) is 2.51. The molecule has 1 unspecified atom stereocenters. The lowest BCUT2D eigenvalue weighted by Crippen LogP contribution is -2.01. The van der Waals surface area contributed by atoms with Gasteiger partial charge in [0.25, 0.3) is 0 Å². The Balaban J connectivity index is 2.36. The van der Waals surface area contributed by atoms with Gasteiger partial charge in [0.2, 0.25) is 0 Å². The Morgan fingerprint density at radius 3 is 2.61 bits per heavy atom. The number of rotatable bonds is 3. The number of aryl methyl sites for hydroxylation is 1. The molecule has 0 spiro atoms. The van der Waals surface area contributed by atoms with Crippen LogP contribution in [0, 0.1) is 12.7 Å². The van der Waals surface area contributed by atoms with Crippen molar-refractivity contribution < 1.29 is 14.2 Å². The van der Waals surface area contributed by atoms with Gasteiger partial charge in [0.15, 0.2) is 0 Å². The molecule has 2 aromatic rings. The van der Waals surface area contributed by atoms with Gasteiger partial charge in [0.05, 0.1) is 11.4 Å². The summed E-state index contributed by atoms with van der Waals surface area (Å²) in [5.74, 6) is -0.0760. The fourth-order valence-corrected chi connectivity index (χ4v) is 2.85. The van der Waals surface area contributed by atoms with E-state index in [4.69, 9.17) is 16.3 Å². The van der Waals surface area contributed by atoms with Crippen LogP contribution in [0.3, 0.4) is 0 Å². The van der Waals surface area contributed by atoms with Crippen molar-refractivity contribution in [3.63, 3.8) is 0 Å². The molecule has 2 nitrogen and oxygen atoms in total. The average Bonchev–Trinajstić information content (AvgIpc) is 2.68. The minimum Gasteiger partial charge on any atom is -0.497 e. The van der Waals surface area contributed by atoms with E-state index in [1.807, 2.05) is 6.92 Å². The number of aliphatic hydroxyl groups is 1. The lowest BCUT2D eigenvalue weighted by molar-refractivity contribution is 0.218. The molecule has 0 radical (unpaired) electrons. The number of ether oxygens (including phenoxy) is 1. The fraction of sp³-hybridized carbons (Fsp3) is 0.231. The van der Waals surface area contributed by atoms with E-state index in [2.05, 4.69) is 0 Å². The van der Waals surface area contributed by atoms with Gasteiger partial charge in [-0.3, -0.25) is 0 Å². The largest absolute Gasteiger partial charge is 0.497 e. The number of hydrogen-bond acceptors (Lipinski definition) is 3. The maximum Gasteiger partial charge on any atom is 0.133 e. The minimum absolute atomic E-state index is 0.216. The van der Waals surface area contributed by atoms with Crippen LogP contribution in [0.2, 0.25) is 4.34 Å². The molecule has 18 heavy (non-hydrogen) atoms. The van der Waals surface area contributed by atoms with Crippen molar-refractivity contribution in [3.05, 3.63) is 50.4 Å². The molecule has 0 saturated heterocycles. The lowest BCUT2D eigenvalue weighted by atomic mass is 10.1. The van der Waals surface area contributed by atoms with E-state index in [-0.39, 0.29) is 5.56 Å². The van der Waals surface area contributed by atoms with Gasteiger partial charge in [-0.25, -0.2) is 4.39 Å². The SMILES string of the molecule is COc1ccc(C(O)c2cc(C)c(Cl)s2)c(F)c1. The molecule has 1 heterocycles. The molecule has 0 saturated carbocycles. The Morgan fingerprint density at radius 2 is 2.11 bits per heavy atom. The van der Waals surface area contributed by atoms with Crippen LogP contribution >= 0.6 is 22.9 Å². The Labute approximate surface area is 114 Å². The summed E-state index contributed by atoms with van der Waals surface area (Å²) in [6, 6.07) is 6.15. The zero-order valence-electron chi connectivity index (χ0n) is 9.91. The van der Waals surface area contributed by atoms with E-state index < -0.39 is 11.9 Å². The van der Waals surface area contributed by atoms with Crippen LogP contribution in [-0.2, 0) is 0 Å². The molecule has 0 aliphatic rings. The van der Waals surface area contributed by atoms with Crippen molar-refractivity contribution in [1.29, 1.82) is 0 Å². The zero-order valence-corrected chi connectivity index (χ0v) is 11.5. The van der Waals surface area contributed by atoms with Crippen LogP contribution in [0.25, 0.3) is 0 Å². The highest BCUT2D eigenvalue weighted by atomic mass is 35.5. The van der Waals surface area contributed by atoms with E-state index in [1.165, 1.54) is 30.6 Å². The molecule has 0 bridgehead atoms. The summed E-state index contributed by atoms with van der Waals surface area (Å²) in [7, 11) is 1.47. The summed E-state index contributed by atoms with van der Waals surface area (Å²) in [6.07, 6.45) is -1.01. The second-order valence-electron chi connectivity index (χ2n) is 3.90. The van der Waals surface area contributed by atoms with Gasteiger partial charge in [-0.15, -0.1) is 11.3 Å². The summed E-state index contributed by atoms with van der Waals surface area (Å²) >= 11 is 7.20. The van der Waals surface area contributed by atoms with Gasteiger partial charge in [0.1, 0.15) is 17.7 Å². The highest BCUT2D eigenvalue weighted by Gasteiger charge is 2.18. The summed E-state index contributed by atoms with van der Waals surface area (Å²) < 4.78 is 19.3.